The SMILES string of the molecule is C=CC(=O)N1CC(CCC(CCNC=O)N/C(C)=C(\N)c2cc(CC(CO)c3ccccn3)c3c(C#N)cnn3c2)C1. The predicted molar refractivity (Wildman–Crippen MR) is 160 cm³/mol. The molecule has 0 saturated carbocycles. The number of nitrogens with two attached hydrogens (primary N) is 1. The van der Waals surface area contributed by atoms with Gasteiger partial charge in [0.05, 0.1) is 29.6 Å². The van der Waals surface area contributed by atoms with Gasteiger partial charge in [0, 0.05) is 60.9 Å². The van der Waals surface area contributed by atoms with Crippen molar-refractivity contribution in [3.8, 4) is 6.07 Å². The highest BCUT2D eigenvalue weighted by molar-refractivity contribution is 5.87. The van der Waals surface area contributed by atoms with E-state index in [4.69, 9.17) is 5.73 Å². The third-order valence-corrected chi connectivity index (χ3v) is 7.83. The van der Waals surface area contributed by atoms with Crippen LogP contribution in [-0.4, -0.2) is 69.2 Å². The fourth-order valence-corrected chi connectivity index (χ4v) is 5.44. The van der Waals surface area contributed by atoms with Crippen molar-refractivity contribution >= 4 is 23.5 Å². The number of rotatable bonds is 15. The van der Waals surface area contributed by atoms with Crippen molar-refractivity contribution in [3.63, 3.8) is 0 Å². The molecule has 1 aliphatic heterocycles. The molecule has 4 rings (SSSR count). The number of carbonyl (C=O) groups is 2. The number of likely N-dealkylation sites (tertiary alicyclic amines) is 1. The van der Waals surface area contributed by atoms with Crippen LogP contribution in [0.1, 0.15) is 54.5 Å². The zero-order valence-corrected chi connectivity index (χ0v) is 23.9. The van der Waals surface area contributed by atoms with E-state index in [1.165, 1.54) is 12.3 Å². The summed E-state index contributed by atoms with van der Waals surface area (Å²) in [5.74, 6) is 0.120. The van der Waals surface area contributed by atoms with Crippen molar-refractivity contribution in [2.45, 2.75) is 44.6 Å². The molecule has 11 heteroatoms. The minimum absolute atomic E-state index is 0.0385. The number of aliphatic hydroxyl groups is 1. The van der Waals surface area contributed by atoms with Gasteiger partial charge in [-0.1, -0.05) is 12.6 Å². The van der Waals surface area contributed by atoms with Crippen LogP contribution in [0.3, 0.4) is 0 Å². The van der Waals surface area contributed by atoms with Crippen molar-refractivity contribution in [2.24, 2.45) is 11.7 Å². The van der Waals surface area contributed by atoms with Crippen LogP contribution in [0.5, 0.6) is 0 Å². The van der Waals surface area contributed by atoms with E-state index >= 15 is 0 Å². The van der Waals surface area contributed by atoms with Crippen LogP contribution in [0, 0.1) is 17.2 Å². The molecule has 1 aliphatic rings. The first-order valence-corrected chi connectivity index (χ1v) is 14.1. The third kappa shape index (κ3) is 7.14. The molecule has 11 nitrogen and oxygen atoms in total. The first-order valence-electron chi connectivity index (χ1n) is 14.1. The van der Waals surface area contributed by atoms with Gasteiger partial charge in [-0.3, -0.25) is 14.6 Å². The Labute approximate surface area is 245 Å². The smallest absolute Gasteiger partial charge is 0.245 e. The van der Waals surface area contributed by atoms with E-state index in [0.29, 0.717) is 48.5 Å². The maximum atomic E-state index is 11.8. The highest BCUT2D eigenvalue weighted by Crippen LogP contribution is 2.27. The zero-order valence-electron chi connectivity index (χ0n) is 23.9. The van der Waals surface area contributed by atoms with Gasteiger partial charge in [-0.15, -0.1) is 0 Å². The first kappa shape index (κ1) is 30.3. The largest absolute Gasteiger partial charge is 0.397 e. The van der Waals surface area contributed by atoms with Gasteiger partial charge in [0.2, 0.25) is 12.3 Å². The number of fused-ring (bicyclic) bond motifs is 1. The summed E-state index contributed by atoms with van der Waals surface area (Å²) in [5, 5.41) is 30.6. The van der Waals surface area contributed by atoms with Crippen LogP contribution in [0.2, 0.25) is 0 Å². The van der Waals surface area contributed by atoms with Gasteiger partial charge < -0.3 is 26.4 Å². The minimum atomic E-state index is -0.268. The molecule has 0 spiro atoms. The van der Waals surface area contributed by atoms with E-state index in [9.17, 15) is 20.0 Å². The van der Waals surface area contributed by atoms with Gasteiger partial charge in [-0.2, -0.15) is 10.4 Å². The lowest BCUT2D eigenvalue weighted by atomic mass is 9.91. The predicted octanol–water partition coefficient (Wildman–Crippen LogP) is 2.09. The minimum Gasteiger partial charge on any atom is -0.397 e. The molecule has 220 valence electrons. The number of aromatic nitrogens is 3. The highest BCUT2D eigenvalue weighted by Gasteiger charge is 2.29. The summed E-state index contributed by atoms with van der Waals surface area (Å²) in [6, 6.07) is 9.81. The van der Waals surface area contributed by atoms with Crippen molar-refractivity contribution < 1.29 is 14.7 Å². The van der Waals surface area contributed by atoms with Crippen LogP contribution < -0.4 is 16.4 Å². The second kappa shape index (κ2) is 14.3. The summed E-state index contributed by atoms with van der Waals surface area (Å²) in [6.07, 6.45) is 10.0. The number of pyridine rings is 2. The molecule has 0 aliphatic carbocycles. The summed E-state index contributed by atoms with van der Waals surface area (Å²) >= 11 is 0. The molecule has 5 N–H and O–H groups in total. The molecule has 1 saturated heterocycles. The van der Waals surface area contributed by atoms with Crippen LogP contribution in [0.25, 0.3) is 11.2 Å². The Morgan fingerprint density at radius 2 is 2.17 bits per heavy atom. The van der Waals surface area contributed by atoms with Gasteiger partial charge in [-0.25, -0.2) is 4.52 Å². The summed E-state index contributed by atoms with van der Waals surface area (Å²) < 4.78 is 1.66. The van der Waals surface area contributed by atoms with E-state index < -0.39 is 0 Å². The van der Waals surface area contributed by atoms with Crippen LogP contribution in [-0.2, 0) is 16.0 Å². The maximum Gasteiger partial charge on any atom is 0.245 e. The lowest BCUT2D eigenvalue weighted by Crippen LogP contribution is -2.49. The van der Waals surface area contributed by atoms with Crippen molar-refractivity contribution in [1.29, 1.82) is 5.26 Å². The van der Waals surface area contributed by atoms with Crippen LogP contribution in [0.15, 0.2) is 61.2 Å². The molecule has 2 atom stereocenters. The molecule has 0 aromatic carbocycles. The average molecular weight is 571 g/mol. The third-order valence-electron chi connectivity index (χ3n) is 7.83. The standard InChI is InChI=1S/C31H38N8O3/c1-3-29(42)38-16-22(17-38)7-8-27(9-11-34-20-41)37-21(2)30(33)24-12-23(31-26(14-32)15-36-39(31)18-24)13-25(19-40)28-6-4-5-10-35-28/h3-6,10,12,15,18,20,22,25,27,37,40H,1,7-9,11,13,16-17,19,33H2,2H3,(H,34,41)/b30-21-. The van der Waals surface area contributed by atoms with Gasteiger partial charge >= 0.3 is 0 Å². The molecular formula is C31H38N8O3. The van der Waals surface area contributed by atoms with E-state index in [1.807, 2.05) is 31.2 Å². The molecular weight excluding hydrogens is 532 g/mol. The number of hydrogen-bond donors (Lipinski definition) is 4. The molecule has 2 amide bonds. The molecule has 0 radical (unpaired) electrons. The lowest BCUT2D eigenvalue weighted by Gasteiger charge is -2.39. The number of nitrogens with one attached hydrogen (secondary N) is 2. The Hall–Kier alpha value is -4.69. The van der Waals surface area contributed by atoms with Crippen molar-refractivity contribution in [2.75, 3.05) is 26.2 Å². The van der Waals surface area contributed by atoms with E-state index in [0.717, 1.165) is 48.4 Å². The van der Waals surface area contributed by atoms with Gasteiger partial charge in [0.25, 0.3) is 0 Å². The molecule has 3 aromatic rings. The molecule has 0 bridgehead atoms. The lowest BCUT2D eigenvalue weighted by molar-refractivity contribution is -0.132. The first-order chi connectivity index (χ1) is 20.4. The number of nitriles is 1. The number of hydrogen-bond acceptors (Lipinski definition) is 8. The number of amides is 2. The van der Waals surface area contributed by atoms with Gasteiger partial charge in [0.1, 0.15) is 6.07 Å². The molecule has 3 aromatic heterocycles. The number of nitrogens with zero attached hydrogens (tertiary/aromatic N) is 5. The van der Waals surface area contributed by atoms with E-state index in [2.05, 4.69) is 33.4 Å². The molecule has 4 heterocycles. The zero-order chi connectivity index (χ0) is 30.1. The van der Waals surface area contributed by atoms with E-state index in [-0.39, 0.29) is 24.5 Å². The summed E-state index contributed by atoms with van der Waals surface area (Å²) in [4.78, 5) is 28.8. The monoisotopic (exact) mass is 570 g/mol. The van der Waals surface area contributed by atoms with Crippen molar-refractivity contribution in [1.82, 2.24) is 30.1 Å². The second-order valence-electron chi connectivity index (χ2n) is 10.7. The Morgan fingerprint density at radius 1 is 1.36 bits per heavy atom. The average Bonchev–Trinajstić information content (AvgIpc) is 3.42. The quantitative estimate of drug-likeness (QED) is 0.123. The number of carbonyl (C=O) groups excluding carboxylic acids is 2. The number of aliphatic hydroxyl groups excluding tert-OH is 1. The molecule has 1 fully saturated rings. The summed E-state index contributed by atoms with van der Waals surface area (Å²) in [6.45, 7) is 7.34. The topological polar surface area (TPSA) is 162 Å². The van der Waals surface area contributed by atoms with Gasteiger partial charge in [-0.05, 0) is 68.4 Å². The Balaban J connectivity index is 1.56. The maximum absolute atomic E-state index is 11.8. The Kier molecular flexibility index (Phi) is 10.3. The van der Waals surface area contributed by atoms with Crippen LogP contribution >= 0.6 is 0 Å². The fourth-order valence-electron chi connectivity index (χ4n) is 5.44. The Morgan fingerprint density at radius 3 is 2.83 bits per heavy atom. The van der Waals surface area contributed by atoms with Crippen molar-refractivity contribution in [3.05, 3.63) is 83.6 Å². The fraction of sp³-hybridized carbons (Fsp3) is 0.387. The van der Waals surface area contributed by atoms with E-state index in [1.54, 1.807) is 21.8 Å². The normalized spacial score (nSPS) is 15.2. The summed E-state index contributed by atoms with van der Waals surface area (Å²) in [7, 11) is 0. The van der Waals surface area contributed by atoms with Crippen LogP contribution in [0.4, 0.5) is 0 Å². The number of allylic oxidation sites excluding steroid dienone is 1. The van der Waals surface area contributed by atoms with Gasteiger partial charge in [0.15, 0.2) is 0 Å². The summed E-state index contributed by atoms with van der Waals surface area (Å²) in [5.41, 5.74) is 11.5. The second-order valence-corrected chi connectivity index (χ2v) is 10.7. The highest BCUT2D eigenvalue weighted by atomic mass is 16.3. The molecule has 2 unspecified atom stereocenters. The molecule has 42 heavy (non-hydrogen) atoms. The Bertz CT molecular complexity index is 1470.